The maximum atomic E-state index is 6.06. The third-order valence-electron chi connectivity index (χ3n) is 2.46. The van der Waals surface area contributed by atoms with Crippen LogP contribution in [0, 0.1) is 0 Å². The minimum absolute atomic E-state index is 0.137. The molecule has 2 aromatic rings. The van der Waals surface area contributed by atoms with E-state index in [-0.39, 0.29) is 6.04 Å². The lowest BCUT2D eigenvalue weighted by Gasteiger charge is -2.18. The number of hydrogen-bond donors (Lipinski definition) is 1. The molecule has 2 rings (SSSR count). The molecule has 0 saturated heterocycles. The van der Waals surface area contributed by atoms with E-state index < -0.39 is 0 Å². The highest BCUT2D eigenvalue weighted by Gasteiger charge is 2.18. The monoisotopic (exact) mass is 393 g/mol. The zero-order valence-corrected chi connectivity index (χ0v) is 13.8. The molecule has 17 heavy (non-hydrogen) atoms. The van der Waals surface area contributed by atoms with Gasteiger partial charge in [0.2, 0.25) is 0 Å². The first-order valence-electron chi connectivity index (χ1n) is 4.98. The molecule has 5 heteroatoms. The summed E-state index contributed by atoms with van der Waals surface area (Å²) >= 11 is 14.9. The lowest BCUT2D eigenvalue weighted by molar-refractivity contribution is 0.698. The van der Waals surface area contributed by atoms with E-state index in [2.05, 4.69) is 48.6 Å². The zero-order chi connectivity index (χ0) is 12.4. The lowest BCUT2D eigenvalue weighted by Crippen LogP contribution is -2.17. The Morgan fingerprint density at radius 3 is 2.59 bits per heavy atom. The quantitative estimate of drug-likeness (QED) is 0.750. The van der Waals surface area contributed by atoms with E-state index in [9.17, 15) is 0 Å². The molecule has 0 bridgehead atoms. The second-order valence-electron chi connectivity index (χ2n) is 3.52. The molecular formula is C12H10Br2ClNS. The fraction of sp³-hybridized carbons (Fsp3) is 0.167. The molecule has 0 fully saturated rings. The number of thiophene rings is 1. The van der Waals surface area contributed by atoms with Gasteiger partial charge in [0, 0.05) is 18.8 Å². The highest BCUT2D eigenvalue weighted by atomic mass is 79.9. The van der Waals surface area contributed by atoms with Crippen LogP contribution < -0.4 is 5.32 Å². The van der Waals surface area contributed by atoms with E-state index in [1.165, 1.54) is 4.88 Å². The Morgan fingerprint density at radius 1 is 1.24 bits per heavy atom. The maximum Gasteiger partial charge on any atom is 0.0691 e. The Hall–Kier alpha value is 0.130. The average molecular weight is 396 g/mol. The summed E-state index contributed by atoms with van der Waals surface area (Å²) in [6, 6.07) is 8.04. The summed E-state index contributed by atoms with van der Waals surface area (Å²) in [7, 11) is 1.95. The number of halogens is 3. The first-order valence-corrected chi connectivity index (χ1v) is 7.83. The van der Waals surface area contributed by atoms with Crippen LogP contribution in [0.1, 0.15) is 16.5 Å². The predicted octanol–water partition coefficient (Wildman–Crippen LogP) is 5.24. The molecule has 1 aromatic carbocycles. The van der Waals surface area contributed by atoms with Crippen molar-refractivity contribution in [1.82, 2.24) is 5.32 Å². The fourth-order valence-electron chi connectivity index (χ4n) is 1.68. The highest BCUT2D eigenvalue weighted by molar-refractivity contribution is 9.10. The van der Waals surface area contributed by atoms with Crippen LogP contribution >= 0.6 is 54.8 Å². The van der Waals surface area contributed by atoms with Gasteiger partial charge >= 0.3 is 0 Å². The average Bonchev–Trinajstić information content (AvgIpc) is 2.71. The SMILES string of the molecule is CNC(c1cc(Cl)ccc1Br)c1sccc1Br. The molecule has 1 aromatic heterocycles. The molecule has 1 unspecified atom stereocenters. The van der Waals surface area contributed by atoms with Gasteiger partial charge in [-0.15, -0.1) is 11.3 Å². The number of rotatable bonds is 3. The van der Waals surface area contributed by atoms with Crippen molar-refractivity contribution < 1.29 is 0 Å². The molecule has 90 valence electrons. The molecular weight excluding hydrogens is 385 g/mol. The summed E-state index contributed by atoms with van der Waals surface area (Å²) in [6.07, 6.45) is 0. The van der Waals surface area contributed by atoms with E-state index in [4.69, 9.17) is 11.6 Å². The largest absolute Gasteiger partial charge is 0.309 e. The van der Waals surface area contributed by atoms with E-state index in [0.717, 1.165) is 19.5 Å². The lowest BCUT2D eigenvalue weighted by atomic mass is 10.1. The smallest absolute Gasteiger partial charge is 0.0691 e. The third kappa shape index (κ3) is 2.93. The van der Waals surface area contributed by atoms with Crippen molar-refractivity contribution in [3.63, 3.8) is 0 Å². The standard InChI is InChI=1S/C12H10Br2ClNS/c1-16-11(12-10(14)4-5-17-12)8-6-7(15)2-3-9(8)13/h2-6,11,16H,1H3. The van der Waals surface area contributed by atoms with E-state index >= 15 is 0 Å². The normalized spacial score (nSPS) is 12.7. The Kier molecular flexibility index (Phi) is 4.66. The molecule has 0 spiro atoms. The third-order valence-corrected chi connectivity index (χ3v) is 5.36. The summed E-state index contributed by atoms with van der Waals surface area (Å²) in [5.74, 6) is 0. The maximum absolute atomic E-state index is 6.06. The minimum atomic E-state index is 0.137. The Labute approximate surface area is 126 Å². The van der Waals surface area contributed by atoms with Crippen LogP contribution in [0.3, 0.4) is 0 Å². The summed E-state index contributed by atoms with van der Waals surface area (Å²) in [5, 5.41) is 6.14. The van der Waals surface area contributed by atoms with Crippen molar-refractivity contribution in [1.29, 1.82) is 0 Å². The Morgan fingerprint density at radius 2 is 2.00 bits per heavy atom. The van der Waals surface area contributed by atoms with Crippen LogP contribution in [0.5, 0.6) is 0 Å². The molecule has 0 amide bonds. The molecule has 1 heterocycles. The van der Waals surface area contributed by atoms with Gasteiger partial charge in [-0.05, 0) is 58.2 Å². The molecule has 0 aliphatic rings. The van der Waals surface area contributed by atoms with Crippen molar-refractivity contribution in [3.8, 4) is 0 Å². The molecule has 0 saturated carbocycles. The van der Waals surface area contributed by atoms with Gasteiger partial charge in [0.1, 0.15) is 0 Å². The zero-order valence-electron chi connectivity index (χ0n) is 9.01. The van der Waals surface area contributed by atoms with Crippen LogP contribution in [-0.4, -0.2) is 7.05 Å². The van der Waals surface area contributed by atoms with Crippen molar-refractivity contribution >= 4 is 54.8 Å². The summed E-state index contributed by atoms with van der Waals surface area (Å²) in [4.78, 5) is 1.25. The molecule has 0 aliphatic heterocycles. The number of hydrogen-bond acceptors (Lipinski definition) is 2. The van der Waals surface area contributed by atoms with Gasteiger partial charge in [-0.3, -0.25) is 0 Å². The van der Waals surface area contributed by atoms with Crippen LogP contribution in [0.25, 0.3) is 0 Å². The Balaban J connectivity index is 2.49. The number of nitrogens with one attached hydrogen (secondary N) is 1. The van der Waals surface area contributed by atoms with Crippen molar-refractivity contribution in [3.05, 3.63) is 54.1 Å². The van der Waals surface area contributed by atoms with Gasteiger partial charge in [0.05, 0.1) is 6.04 Å². The van der Waals surface area contributed by atoms with Crippen LogP contribution in [0.15, 0.2) is 38.6 Å². The van der Waals surface area contributed by atoms with Crippen molar-refractivity contribution in [2.45, 2.75) is 6.04 Å². The molecule has 1 N–H and O–H groups in total. The first-order chi connectivity index (χ1) is 8.13. The van der Waals surface area contributed by atoms with Gasteiger partial charge in [-0.1, -0.05) is 27.5 Å². The van der Waals surface area contributed by atoms with E-state index in [0.29, 0.717) is 0 Å². The highest BCUT2D eigenvalue weighted by Crippen LogP contribution is 2.36. The van der Waals surface area contributed by atoms with Crippen LogP contribution in [0.4, 0.5) is 0 Å². The van der Waals surface area contributed by atoms with E-state index in [1.54, 1.807) is 11.3 Å². The van der Waals surface area contributed by atoms with Gasteiger partial charge in [-0.2, -0.15) is 0 Å². The second-order valence-corrected chi connectivity index (χ2v) is 6.61. The summed E-state index contributed by atoms with van der Waals surface area (Å²) < 4.78 is 2.18. The molecule has 0 aliphatic carbocycles. The van der Waals surface area contributed by atoms with Crippen molar-refractivity contribution in [2.24, 2.45) is 0 Å². The number of benzene rings is 1. The second kappa shape index (κ2) is 5.85. The molecule has 0 radical (unpaired) electrons. The van der Waals surface area contributed by atoms with Crippen LogP contribution in [-0.2, 0) is 0 Å². The fourth-order valence-corrected chi connectivity index (χ4v) is 4.06. The van der Waals surface area contributed by atoms with Gasteiger partial charge in [0.15, 0.2) is 0 Å². The predicted molar refractivity (Wildman–Crippen MR) is 82.1 cm³/mol. The first kappa shape index (κ1) is 13.6. The van der Waals surface area contributed by atoms with Crippen molar-refractivity contribution in [2.75, 3.05) is 7.05 Å². The minimum Gasteiger partial charge on any atom is -0.309 e. The summed E-state index contributed by atoms with van der Waals surface area (Å²) in [6.45, 7) is 0. The van der Waals surface area contributed by atoms with E-state index in [1.807, 2.05) is 25.2 Å². The summed E-state index contributed by atoms with van der Waals surface area (Å²) in [5.41, 5.74) is 1.14. The van der Waals surface area contributed by atoms with Crippen LogP contribution in [0.2, 0.25) is 5.02 Å². The van der Waals surface area contributed by atoms with Gasteiger partial charge < -0.3 is 5.32 Å². The molecule has 1 atom stereocenters. The van der Waals surface area contributed by atoms with Gasteiger partial charge in [0.25, 0.3) is 0 Å². The molecule has 1 nitrogen and oxygen atoms in total. The van der Waals surface area contributed by atoms with Gasteiger partial charge in [-0.25, -0.2) is 0 Å². The topological polar surface area (TPSA) is 12.0 Å². The Bertz CT molecular complexity index is 527.